The van der Waals surface area contributed by atoms with Gasteiger partial charge >= 0.3 is 0 Å². The molecule has 0 saturated carbocycles. The first kappa shape index (κ1) is 16.9. The van der Waals surface area contributed by atoms with Crippen molar-refractivity contribution >= 4 is 9.84 Å². The fraction of sp³-hybridized carbons (Fsp3) is 1.00. The molecular weight excluding hydrogens is 234 g/mol. The van der Waals surface area contributed by atoms with E-state index in [0.29, 0.717) is 18.3 Å². The van der Waals surface area contributed by atoms with Gasteiger partial charge in [-0.25, -0.2) is 8.42 Å². The molecule has 3 nitrogen and oxygen atoms in total. The van der Waals surface area contributed by atoms with Gasteiger partial charge in [0.1, 0.15) is 0 Å². The molecule has 0 saturated heterocycles. The molecule has 1 unspecified atom stereocenters. The molecule has 4 heteroatoms. The summed E-state index contributed by atoms with van der Waals surface area (Å²) < 4.78 is 22.9. The Balaban J connectivity index is 3.53. The predicted molar refractivity (Wildman–Crippen MR) is 75.2 cm³/mol. The van der Waals surface area contributed by atoms with Crippen molar-refractivity contribution in [1.82, 2.24) is 5.32 Å². The molecule has 0 aromatic heterocycles. The lowest BCUT2D eigenvalue weighted by Crippen LogP contribution is -2.31. The van der Waals surface area contributed by atoms with E-state index in [1.165, 1.54) is 25.7 Å². The maximum absolute atomic E-state index is 11.5. The molecule has 0 aliphatic carbocycles. The van der Waals surface area contributed by atoms with Crippen molar-refractivity contribution in [1.29, 1.82) is 0 Å². The first-order valence-electron chi connectivity index (χ1n) is 6.95. The molecule has 0 spiro atoms. The summed E-state index contributed by atoms with van der Waals surface area (Å²) in [4.78, 5) is 0. The molecule has 0 rings (SSSR count). The van der Waals surface area contributed by atoms with E-state index in [0.717, 1.165) is 12.8 Å². The summed E-state index contributed by atoms with van der Waals surface area (Å²) in [6.45, 7) is 6.84. The third-order valence-corrected chi connectivity index (χ3v) is 4.77. The van der Waals surface area contributed by atoms with Crippen molar-refractivity contribution in [3.05, 3.63) is 0 Å². The molecule has 0 fully saturated rings. The highest BCUT2D eigenvalue weighted by Crippen LogP contribution is 2.05. The quantitative estimate of drug-likeness (QED) is 0.583. The van der Waals surface area contributed by atoms with Crippen molar-refractivity contribution in [3.8, 4) is 0 Å². The molecule has 0 heterocycles. The van der Waals surface area contributed by atoms with Gasteiger partial charge in [-0.05, 0) is 19.8 Å². The van der Waals surface area contributed by atoms with Crippen LogP contribution in [0.1, 0.15) is 59.3 Å². The minimum Gasteiger partial charge on any atom is -0.313 e. The van der Waals surface area contributed by atoms with Gasteiger partial charge in [0, 0.05) is 18.3 Å². The Hall–Kier alpha value is -0.0900. The van der Waals surface area contributed by atoms with Crippen LogP contribution < -0.4 is 5.32 Å². The van der Waals surface area contributed by atoms with Gasteiger partial charge in [-0.2, -0.15) is 0 Å². The average Bonchev–Trinajstić information content (AvgIpc) is 2.24. The molecule has 0 radical (unpaired) electrons. The van der Waals surface area contributed by atoms with Gasteiger partial charge in [0.2, 0.25) is 0 Å². The molecule has 0 aliphatic heterocycles. The molecule has 104 valence electrons. The van der Waals surface area contributed by atoms with Crippen LogP contribution in [0.2, 0.25) is 0 Å². The Morgan fingerprint density at radius 1 is 1.00 bits per heavy atom. The second-order valence-corrected chi connectivity index (χ2v) is 7.16. The van der Waals surface area contributed by atoms with Crippen molar-refractivity contribution in [2.75, 3.05) is 18.1 Å². The summed E-state index contributed by atoms with van der Waals surface area (Å²) >= 11 is 0. The zero-order valence-corrected chi connectivity index (χ0v) is 12.5. The number of rotatable bonds is 11. The van der Waals surface area contributed by atoms with Crippen molar-refractivity contribution in [2.45, 2.75) is 65.3 Å². The normalized spacial score (nSPS) is 13.8. The minimum atomic E-state index is -2.82. The van der Waals surface area contributed by atoms with Crippen molar-refractivity contribution in [2.24, 2.45) is 0 Å². The van der Waals surface area contributed by atoms with Crippen LogP contribution >= 0.6 is 0 Å². The maximum Gasteiger partial charge on any atom is 0.151 e. The molecular formula is C13H29NO2S. The zero-order valence-electron chi connectivity index (χ0n) is 11.7. The van der Waals surface area contributed by atoms with E-state index in [-0.39, 0.29) is 5.75 Å². The third kappa shape index (κ3) is 10.8. The van der Waals surface area contributed by atoms with Gasteiger partial charge in [0.25, 0.3) is 0 Å². The Morgan fingerprint density at radius 2 is 1.71 bits per heavy atom. The van der Waals surface area contributed by atoms with E-state index >= 15 is 0 Å². The smallest absolute Gasteiger partial charge is 0.151 e. The highest BCUT2D eigenvalue weighted by Gasteiger charge is 2.09. The summed E-state index contributed by atoms with van der Waals surface area (Å²) in [5.41, 5.74) is 0. The van der Waals surface area contributed by atoms with Crippen LogP contribution in [-0.2, 0) is 9.84 Å². The monoisotopic (exact) mass is 263 g/mol. The molecule has 1 atom stereocenters. The lowest BCUT2D eigenvalue weighted by atomic mass is 10.1. The number of hydrogen-bond donors (Lipinski definition) is 1. The topological polar surface area (TPSA) is 46.2 Å². The number of nitrogens with one attached hydrogen (secondary N) is 1. The van der Waals surface area contributed by atoms with Gasteiger partial charge in [0.05, 0.1) is 5.75 Å². The van der Waals surface area contributed by atoms with Crippen LogP contribution in [0, 0.1) is 0 Å². The van der Waals surface area contributed by atoms with Gasteiger partial charge in [-0.3, -0.25) is 0 Å². The van der Waals surface area contributed by atoms with Gasteiger partial charge < -0.3 is 5.32 Å². The molecule has 0 amide bonds. The van der Waals surface area contributed by atoms with Crippen LogP contribution in [-0.4, -0.2) is 32.5 Å². The second kappa shape index (κ2) is 9.89. The highest BCUT2D eigenvalue weighted by molar-refractivity contribution is 7.91. The van der Waals surface area contributed by atoms with Crippen molar-refractivity contribution < 1.29 is 8.42 Å². The highest BCUT2D eigenvalue weighted by atomic mass is 32.2. The van der Waals surface area contributed by atoms with Crippen LogP contribution in [0.4, 0.5) is 0 Å². The van der Waals surface area contributed by atoms with E-state index in [9.17, 15) is 8.42 Å². The van der Waals surface area contributed by atoms with Gasteiger partial charge in [0.15, 0.2) is 9.84 Å². The minimum absolute atomic E-state index is 0.278. The van der Waals surface area contributed by atoms with Crippen LogP contribution in [0.5, 0.6) is 0 Å². The van der Waals surface area contributed by atoms with E-state index < -0.39 is 9.84 Å². The van der Waals surface area contributed by atoms with E-state index in [2.05, 4.69) is 19.2 Å². The van der Waals surface area contributed by atoms with Crippen molar-refractivity contribution in [3.63, 3.8) is 0 Å². The Kier molecular flexibility index (Phi) is 9.84. The summed E-state index contributed by atoms with van der Waals surface area (Å²) in [7, 11) is -2.82. The molecule has 0 aliphatic rings. The number of sulfone groups is 1. The van der Waals surface area contributed by atoms with Crippen LogP contribution in [0.3, 0.4) is 0 Å². The van der Waals surface area contributed by atoms with E-state index in [4.69, 9.17) is 0 Å². The van der Waals surface area contributed by atoms with Gasteiger partial charge in [-0.1, -0.05) is 39.5 Å². The molecule has 0 aromatic carbocycles. The number of hydrogen-bond acceptors (Lipinski definition) is 3. The van der Waals surface area contributed by atoms with Crippen LogP contribution in [0.15, 0.2) is 0 Å². The molecule has 0 aromatic rings. The SMILES string of the molecule is CCCCCCC(C)NCCS(=O)(=O)CCC. The predicted octanol–water partition coefficient (Wildman–Crippen LogP) is 2.76. The van der Waals surface area contributed by atoms with E-state index in [1.807, 2.05) is 6.92 Å². The maximum atomic E-state index is 11.5. The van der Waals surface area contributed by atoms with Crippen LogP contribution in [0.25, 0.3) is 0 Å². The zero-order chi connectivity index (χ0) is 13.1. The largest absolute Gasteiger partial charge is 0.313 e. The summed E-state index contributed by atoms with van der Waals surface area (Å²) in [5, 5.41) is 3.29. The Morgan fingerprint density at radius 3 is 2.29 bits per heavy atom. The molecule has 1 N–H and O–H groups in total. The lowest BCUT2D eigenvalue weighted by molar-refractivity contribution is 0.493. The Bertz CT molecular complexity index is 263. The summed E-state index contributed by atoms with van der Waals surface area (Å²) in [5.74, 6) is 0.597. The first-order chi connectivity index (χ1) is 8.02. The standard InChI is InChI=1S/C13H29NO2S/c1-4-6-7-8-9-13(3)14-10-12-17(15,16)11-5-2/h13-14H,4-12H2,1-3H3. The fourth-order valence-corrected chi connectivity index (χ4v) is 3.11. The van der Waals surface area contributed by atoms with E-state index in [1.54, 1.807) is 0 Å². The first-order valence-corrected chi connectivity index (χ1v) is 8.77. The summed E-state index contributed by atoms with van der Waals surface area (Å²) in [6, 6.07) is 0.434. The number of unbranched alkanes of at least 4 members (excludes halogenated alkanes) is 3. The second-order valence-electron chi connectivity index (χ2n) is 4.86. The molecule has 0 bridgehead atoms. The fourth-order valence-electron chi connectivity index (χ4n) is 1.85. The van der Waals surface area contributed by atoms with Gasteiger partial charge in [-0.15, -0.1) is 0 Å². The lowest BCUT2D eigenvalue weighted by Gasteiger charge is -2.13. The average molecular weight is 263 g/mol. The third-order valence-electron chi connectivity index (χ3n) is 2.91. The summed E-state index contributed by atoms with van der Waals surface area (Å²) in [6.07, 6.45) is 6.96. The molecule has 17 heavy (non-hydrogen) atoms. The Labute approximate surface area is 107 Å².